The third-order valence-electron chi connectivity index (χ3n) is 5.19. The van der Waals surface area contributed by atoms with Crippen LogP contribution in [0.2, 0.25) is 0 Å². The second-order valence-electron chi connectivity index (χ2n) is 7.35. The van der Waals surface area contributed by atoms with Crippen LogP contribution >= 0.6 is 0 Å². The number of pyridine rings is 1. The number of rotatable bonds is 5. The van der Waals surface area contributed by atoms with Crippen LogP contribution < -0.4 is 0 Å². The minimum Gasteiger partial charge on any atom is -0.475 e. The molecule has 0 amide bonds. The summed E-state index contributed by atoms with van der Waals surface area (Å²) in [5.41, 5.74) is 1.02. The van der Waals surface area contributed by atoms with Gasteiger partial charge in [0, 0.05) is 18.9 Å². The second-order valence-corrected chi connectivity index (χ2v) is 9.51. The number of aromatic nitrogens is 1. The molecule has 2 heterocycles. The molecule has 4 rings (SSSR count). The molecular formula is C18H23F3N2O6S. The maximum Gasteiger partial charge on any atom is 0.490 e. The Morgan fingerprint density at radius 1 is 1.30 bits per heavy atom. The van der Waals surface area contributed by atoms with Crippen molar-refractivity contribution >= 4 is 16.0 Å². The number of fused-ring (bicyclic) bond motifs is 1. The van der Waals surface area contributed by atoms with Gasteiger partial charge in [-0.3, -0.25) is 4.98 Å². The summed E-state index contributed by atoms with van der Waals surface area (Å²) in [5.74, 6) is -2.76. The van der Waals surface area contributed by atoms with E-state index in [4.69, 9.17) is 19.4 Å². The van der Waals surface area contributed by atoms with E-state index in [1.54, 1.807) is 16.7 Å². The molecule has 0 radical (unpaired) electrons. The maximum atomic E-state index is 12.6. The molecule has 168 valence electrons. The third kappa shape index (κ3) is 5.48. The highest BCUT2D eigenvalue weighted by atomic mass is 32.2. The number of sulfonamides is 1. The van der Waals surface area contributed by atoms with Gasteiger partial charge in [-0.2, -0.15) is 17.5 Å². The van der Waals surface area contributed by atoms with Crippen LogP contribution in [0.25, 0.3) is 0 Å². The van der Waals surface area contributed by atoms with Gasteiger partial charge in [0.05, 0.1) is 30.6 Å². The molecule has 0 bridgehead atoms. The standard InChI is InChI=1S/C16H22N2O4S.C2HF3O2/c19-23(20,13-3-4-13)18-8-9-21-16-14(18)5-6-15(16)22-11-12-2-1-7-17-10-12;3-2(4,5)1(6)7/h1-2,7,10,13-16H,3-6,8-9,11H2;(H,6,7)/t14-,15+,16+;/m0./s1. The van der Waals surface area contributed by atoms with Gasteiger partial charge in [-0.15, -0.1) is 0 Å². The van der Waals surface area contributed by atoms with E-state index in [0.717, 1.165) is 31.2 Å². The SMILES string of the molecule is O=C(O)C(F)(F)F.O=S(=O)(C1CC1)N1CCO[C@H]2[C@H](OCc3cccnc3)CC[C@@H]21. The summed E-state index contributed by atoms with van der Waals surface area (Å²) in [6.45, 7) is 1.43. The van der Waals surface area contributed by atoms with E-state index < -0.39 is 22.2 Å². The van der Waals surface area contributed by atoms with Crippen molar-refractivity contribution in [2.45, 2.75) is 62.0 Å². The molecule has 2 saturated carbocycles. The van der Waals surface area contributed by atoms with Gasteiger partial charge in [0.15, 0.2) is 0 Å². The van der Waals surface area contributed by atoms with Gasteiger partial charge in [-0.05, 0) is 37.3 Å². The molecule has 1 N–H and O–H groups in total. The summed E-state index contributed by atoms with van der Waals surface area (Å²) in [6, 6.07) is 3.80. The molecule has 1 aliphatic heterocycles. The van der Waals surface area contributed by atoms with Crippen LogP contribution in [-0.4, -0.2) is 71.6 Å². The smallest absolute Gasteiger partial charge is 0.475 e. The minimum atomic E-state index is -5.08. The first-order chi connectivity index (χ1) is 14.1. The van der Waals surface area contributed by atoms with E-state index in [2.05, 4.69) is 4.98 Å². The molecule has 1 saturated heterocycles. The number of nitrogens with zero attached hydrogens (tertiary/aromatic N) is 2. The lowest BCUT2D eigenvalue weighted by Gasteiger charge is -2.38. The van der Waals surface area contributed by atoms with Gasteiger partial charge in [-0.1, -0.05) is 6.07 Å². The van der Waals surface area contributed by atoms with Gasteiger partial charge in [-0.25, -0.2) is 13.2 Å². The van der Waals surface area contributed by atoms with E-state index in [0.29, 0.717) is 19.8 Å². The first kappa shape index (κ1) is 22.9. The van der Waals surface area contributed by atoms with E-state index in [1.165, 1.54) is 0 Å². The Balaban J connectivity index is 0.000000318. The van der Waals surface area contributed by atoms with Gasteiger partial charge >= 0.3 is 12.1 Å². The number of hydrogen-bond donors (Lipinski definition) is 1. The molecule has 2 aliphatic carbocycles. The topological polar surface area (TPSA) is 106 Å². The van der Waals surface area contributed by atoms with Crippen LogP contribution in [0.3, 0.4) is 0 Å². The van der Waals surface area contributed by atoms with Gasteiger partial charge in [0.25, 0.3) is 0 Å². The lowest BCUT2D eigenvalue weighted by Crippen LogP contribution is -2.54. The predicted molar refractivity (Wildman–Crippen MR) is 97.9 cm³/mol. The molecule has 0 aromatic carbocycles. The number of carbonyl (C=O) groups is 1. The number of morpholine rings is 1. The number of carboxylic acid groups (broad SMARTS) is 1. The summed E-state index contributed by atoms with van der Waals surface area (Å²) in [7, 11) is -3.15. The van der Waals surface area contributed by atoms with Crippen LogP contribution in [0.5, 0.6) is 0 Å². The number of alkyl halides is 3. The van der Waals surface area contributed by atoms with E-state index >= 15 is 0 Å². The molecule has 3 atom stereocenters. The summed E-state index contributed by atoms with van der Waals surface area (Å²) in [5, 5.41) is 6.97. The highest BCUT2D eigenvalue weighted by molar-refractivity contribution is 7.90. The zero-order chi connectivity index (χ0) is 21.9. The highest BCUT2D eigenvalue weighted by Crippen LogP contribution is 2.39. The molecule has 1 aromatic heterocycles. The molecule has 3 fully saturated rings. The van der Waals surface area contributed by atoms with Gasteiger partial charge < -0.3 is 14.6 Å². The largest absolute Gasteiger partial charge is 0.490 e. The molecule has 30 heavy (non-hydrogen) atoms. The van der Waals surface area contributed by atoms with E-state index in [-0.39, 0.29) is 23.5 Å². The fraction of sp³-hybridized carbons (Fsp3) is 0.667. The summed E-state index contributed by atoms with van der Waals surface area (Å²) < 4.78 is 70.5. The Morgan fingerprint density at radius 3 is 2.57 bits per heavy atom. The molecule has 0 spiro atoms. The lowest BCUT2D eigenvalue weighted by atomic mass is 10.1. The van der Waals surface area contributed by atoms with Crippen LogP contribution in [0, 0.1) is 0 Å². The minimum absolute atomic E-state index is 0.0441. The number of hydrogen-bond acceptors (Lipinski definition) is 6. The van der Waals surface area contributed by atoms with Crippen LogP contribution in [0.15, 0.2) is 24.5 Å². The Morgan fingerprint density at radius 2 is 2.00 bits per heavy atom. The van der Waals surface area contributed by atoms with Gasteiger partial charge in [0.2, 0.25) is 10.0 Å². The second kappa shape index (κ2) is 9.16. The summed E-state index contributed by atoms with van der Waals surface area (Å²) >= 11 is 0. The van der Waals surface area contributed by atoms with Crippen molar-refractivity contribution < 1.29 is 41.0 Å². The van der Waals surface area contributed by atoms with Crippen molar-refractivity contribution in [1.82, 2.24) is 9.29 Å². The quantitative estimate of drug-likeness (QED) is 0.728. The Bertz CT molecular complexity index is 832. The monoisotopic (exact) mass is 452 g/mol. The molecule has 8 nitrogen and oxygen atoms in total. The maximum absolute atomic E-state index is 12.6. The van der Waals surface area contributed by atoms with Crippen LogP contribution in [-0.2, 0) is 30.9 Å². The Labute approximate surface area is 172 Å². The highest BCUT2D eigenvalue weighted by Gasteiger charge is 2.50. The van der Waals surface area contributed by atoms with Crippen molar-refractivity contribution in [3.8, 4) is 0 Å². The van der Waals surface area contributed by atoms with Crippen LogP contribution in [0.1, 0.15) is 31.2 Å². The third-order valence-corrected chi connectivity index (χ3v) is 7.61. The number of aliphatic carboxylic acids is 1. The zero-order valence-corrected chi connectivity index (χ0v) is 16.8. The van der Waals surface area contributed by atoms with Crippen molar-refractivity contribution in [2.75, 3.05) is 13.2 Å². The molecule has 3 aliphatic rings. The van der Waals surface area contributed by atoms with Crippen molar-refractivity contribution in [1.29, 1.82) is 0 Å². The fourth-order valence-electron chi connectivity index (χ4n) is 3.62. The Kier molecular flexibility index (Phi) is 7.00. The average molecular weight is 452 g/mol. The van der Waals surface area contributed by atoms with Crippen molar-refractivity contribution in [2.24, 2.45) is 0 Å². The molecular weight excluding hydrogens is 429 g/mol. The predicted octanol–water partition coefficient (Wildman–Crippen LogP) is 1.96. The van der Waals surface area contributed by atoms with E-state index in [1.807, 2.05) is 12.1 Å². The summed E-state index contributed by atoms with van der Waals surface area (Å²) in [4.78, 5) is 13.0. The van der Waals surface area contributed by atoms with Crippen molar-refractivity contribution in [3.05, 3.63) is 30.1 Å². The zero-order valence-electron chi connectivity index (χ0n) is 16.0. The first-order valence-electron chi connectivity index (χ1n) is 9.53. The first-order valence-corrected chi connectivity index (χ1v) is 11.0. The van der Waals surface area contributed by atoms with Gasteiger partial charge in [0.1, 0.15) is 6.10 Å². The lowest BCUT2D eigenvalue weighted by molar-refractivity contribution is -0.192. The fourth-order valence-corrected chi connectivity index (χ4v) is 5.67. The molecule has 0 unspecified atom stereocenters. The molecule has 1 aromatic rings. The number of halogens is 3. The summed E-state index contributed by atoms with van der Waals surface area (Å²) in [6.07, 6.45) is 1.51. The van der Waals surface area contributed by atoms with Crippen molar-refractivity contribution in [3.63, 3.8) is 0 Å². The average Bonchev–Trinajstić information content (AvgIpc) is 3.48. The Hall–Kier alpha value is -1.76. The van der Waals surface area contributed by atoms with E-state index in [9.17, 15) is 21.6 Å². The van der Waals surface area contributed by atoms with Crippen LogP contribution in [0.4, 0.5) is 13.2 Å². The molecule has 12 heteroatoms. The number of carboxylic acids is 1. The normalized spacial score (nSPS) is 27.1. The number of ether oxygens (including phenoxy) is 2.